The number of anilines is 1. The number of rotatable bonds is 18. The summed E-state index contributed by atoms with van der Waals surface area (Å²) >= 11 is 0. The average molecular weight is 731 g/mol. The zero-order chi connectivity index (χ0) is 37.2. The second kappa shape index (κ2) is 17.9. The fourth-order valence-electron chi connectivity index (χ4n) is 5.95. The number of hydrogen-bond donors (Lipinski definition) is 0. The molecule has 1 atom stereocenters. The van der Waals surface area contributed by atoms with Gasteiger partial charge in [-0.1, -0.05) is 94.8 Å². The predicted octanol–water partition coefficient (Wildman–Crippen LogP) is 10.2. The number of esters is 1. The topological polar surface area (TPSA) is 78.2 Å². The Morgan fingerprint density at radius 2 is 1.63 bits per heavy atom. The number of hydrogen-bond acceptors (Lipinski definition) is 7. The van der Waals surface area contributed by atoms with Crippen LogP contribution >= 0.6 is 0 Å². The van der Waals surface area contributed by atoms with Gasteiger partial charge in [0, 0.05) is 41.0 Å². The van der Waals surface area contributed by atoms with Crippen LogP contribution in [-0.4, -0.2) is 70.0 Å². The second-order valence-corrected chi connectivity index (χ2v) is 27.7. The number of nitrogens with zero attached hydrogens (tertiary/aromatic N) is 4. The molecule has 4 rings (SSSR count). The van der Waals surface area contributed by atoms with Crippen molar-refractivity contribution >= 4 is 50.3 Å². The van der Waals surface area contributed by atoms with Gasteiger partial charge in [0.25, 0.3) is 0 Å². The highest BCUT2D eigenvalue weighted by Crippen LogP contribution is 2.40. The Bertz CT molecular complexity index is 1680. The van der Waals surface area contributed by atoms with E-state index in [1.54, 1.807) is 0 Å². The fraction of sp³-hybridized carbons (Fsp3) is 0.537. The summed E-state index contributed by atoms with van der Waals surface area (Å²) in [4.78, 5) is 20.3. The van der Waals surface area contributed by atoms with Gasteiger partial charge in [-0.05, 0) is 80.8 Å². The van der Waals surface area contributed by atoms with Crippen molar-refractivity contribution in [3.05, 3.63) is 77.6 Å². The van der Waals surface area contributed by atoms with Crippen molar-refractivity contribution in [3.8, 4) is 0 Å². The molecule has 0 saturated carbocycles. The normalized spacial score (nSPS) is 17.5. The molecule has 0 spiro atoms. The van der Waals surface area contributed by atoms with Crippen LogP contribution in [0.2, 0.25) is 51.4 Å². The third-order valence-corrected chi connectivity index (χ3v) is 13.0. The van der Waals surface area contributed by atoms with E-state index in [-0.39, 0.29) is 5.97 Å². The first-order valence-electron chi connectivity index (χ1n) is 18.7. The smallest absolute Gasteiger partial charge is 0.312 e. The Labute approximate surface area is 309 Å². The average Bonchev–Trinajstić information content (AvgIpc) is 3.51. The van der Waals surface area contributed by atoms with Gasteiger partial charge in [-0.3, -0.25) is 4.79 Å². The SMILES string of the molecule is CCOC(=O)C1(C)CC=C(c2cc(N(COCC[Si](C)(C)C)COCC[Si](C)(C)C)n3ncc(/C(=C/C=C(\C)c4ccccc4)CC)c3n2)CC1. The van der Waals surface area contributed by atoms with Gasteiger partial charge >= 0.3 is 5.97 Å². The molecule has 10 heteroatoms. The maximum absolute atomic E-state index is 12.9. The largest absolute Gasteiger partial charge is 0.466 e. The van der Waals surface area contributed by atoms with Gasteiger partial charge in [0.2, 0.25) is 0 Å². The summed E-state index contributed by atoms with van der Waals surface area (Å²) in [5.41, 5.74) is 6.86. The molecule has 1 aliphatic rings. The Kier molecular flexibility index (Phi) is 14.2. The summed E-state index contributed by atoms with van der Waals surface area (Å²) in [6, 6.07) is 14.8. The maximum Gasteiger partial charge on any atom is 0.312 e. The molecule has 0 radical (unpaired) electrons. The van der Waals surface area contributed by atoms with E-state index in [0.717, 1.165) is 58.8 Å². The van der Waals surface area contributed by atoms with E-state index >= 15 is 0 Å². The highest BCUT2D eigenvalue weighted by atomic mass is 28.3. The van der Waals surface area contributed by atoms with E-state index in [2.05, 4.69) is 107 Å². The number of fused-ring (bicyclic) bond motifs is 1. The van der Waals surface area contributed by atoms with E-state index in [1.807, 2.05) is 30.6 Å². The zero-order valence-corrected chi connectivity index (χ0v) is 35.0. The molecule has 1 aliphatic carbocycles. The van der Waals surface area contributed by atoms with Crippen LogP contribution in [0.25, 0.3) is 22.4 Å². The van der Waals surface area contributed by atoms with Gasteiger partial charge in [-0.25, -0.2) is 4.98 Å². The number of allylic oxidation sites excluding steroid dienone is 6. The van der Waals surface area contributed by atoms with E-state index in [9.17, 15) is 4.79 Å². The minimum atomic E-state index is -1.26. The summed E-state index contributed by atoms with van der Waals surface area (Å²) < 4.78 is 20.1. The van der Waals surface area contributed by atoms with Crippen LogP contribution < -0.4 is 4.90 Å². The van der Waals surface area contributed by atoms with E-state index < -0.39 is 21.6 Å². The molecule has 2 aromatic heterocycles. The molecular formula is C41H62N4O4Si2. The monoisotopic (exact) mass is 730 g/mol. The molecule has 0 N–H and O–H groups in total. The lowest BCUT2D eigenvalue weighted by atomic mass is 9.76. The van der Waals surface area contributed by atoms with Gasteiger partial charge in [0.15, 0.2) is 5.65 Å². The molecule has 2 heterocycles. The van der Waals surface area contributed by atoms with Crippen molar-refractivity contribution < 1.29 is 19.0 Å². The van der Waals surface area contributed by atoms with Crippen molar-refractivity contribution in [1.29, 1.82) is 0 Å². The molecule has 0 saturated heterocycles. The summed E-state index contributed by atoms with van der Waals surface area (Å²) in [5.74, 6) is 0.754. The van der Waals surface area contributed by atoms with Crippen LogP contribution in [-0.2, 0) is 19.0 Å². The van der Waals surface area contributed by atoms with Crippen LogP contribution in [0.5, 0.6) is 0 Å². The Hall–Kier alpha value is -3.32. The molecule has 3 aromatic rings. The quantitative estimate of drug-likeness (QED) is 0.0424. The Morgan fingerprint density at radius 1 is 0.980 bits per heavy atom. The summed E-state index contributed by atoms with van der Waals surface area (Å²) in [7, 11) is -2.52. The number of carbonyl (C=O) groups excluding carboxylic acids is 1. The van der Waals surface area contributed by atoms with Gasteiger partial charge in [0.1, 0.15) is 19.3 Å². The molecular weight excluding hydrogens is 669 g/mol. The standard InChI is InChI=1S/C41H62N4O4Si2/c1-11-33(19-18-32(3)34-16-14-13-15-17-34)36-29-42-45-38(44(30-47-24-26-50(5,6)7)31-48-25-27-51(8,9)10)28-37(43-39(36)45)35-20-22-41(4,23-21-35)40(46)49-12-2/h13-20,28-29H,11-12,21-27,30-31H2,1-10H3/b32-18+,33-19+. The van der Waals surface area contributed by atoms with Crippen molar-refractivity contribution in [2.75, 3.05) is 38.2 Å². The lowest BCUT2D eigenvalue weighted by molar-refractivity contribution is -0.154. The number of carbonyl (C=O) groups is 1. The maximum atomic E-state index is 12.9. The molecule has 51 heavy (non-hydrogen) atoms. The van der Waals surface area contributed by atoms with E-state index in [1.165, 1.54) is 11.1 Å². The highest BCUT2D eigenvalue weighted by Gasteiger charge is 2.36. The zero-order valence-electron chi connectivity index (χ0n) is 33.0. The Morgan fingerprint density at radius 3 is 2.18 bits per heavy atom. The molecule has 278 valence electrons. The lowest BCUT2D eigenvalue weighted by Crippen LogP contribution is -2.33. The molecule has 0 bridgehead atoms. The van der Waals surface area contributed by atoms with Gasteiger partial charge in [-0.2, -0.15) is 9.61 Å². The van der Waals surface area contributed by atoms with Crippen LogP contribution in [0.15, 0.2) is 60.8 Å². The number of aromatic nitrogens is 3. The third kappa shape index (κ3) is 11.6. The van der Waals surface area contributed by atoms with Gasteiger partial charge < -0.3 is 19.1 Å². The van der Waals surface area contributed by atoms with Crippen LogP contribution in [0, 0.1) is 5.41 Å². The first-order valence-corrected chi connectivity index (χ1v) is 26.1. The first kappa shape index (κ1) is 40.5. The highest BCUT2D eigenvalue weighted by molar-refractivity contribution is 6.76. The van der Waals surface area contributed by atoms with E-state index in [0.29, 0.717) is 46.1 Å². The number of ether oxygens (including phenoxy) is 3. The third-order valence-electron chi connectivity index (χ3n) is 9.60. The molecule has 0 amide bonds. The van der Waals surface area contributed by atoms with Crippen molar-refractivity contribution in [2.45, 2.75) is 105 Å². The molecule has 1 unspecified atom stereocenters. The lowest BCUT2D eigenvalue weighted by Gasteiger charge is -2.31. The minimum absolute atomic E-state index is 0.129. The molecule has 0 fully saturated rings. The van der Waals surface area contributed by atoms with Gasteiger partial charge in [-0.15, -0.1) is 0 Å². The second-order valence-electron chi connectivity index (χ2n) is 16.5. The summed E-state index contributed by atoms with van der Waals surface area (Å²) in [6.07, 6.45) is 11.4. The fourth-order valence-corrected chi connectivity index (χ4v) is 7.46. The molecule has 1 aromatic carbocycles. The summed E-state index contributed by atoms with van der Waals surface area (Å²) in [6.45, 7) is 25.0. The minimum Gasteiger partial charge on any atom is -0.466 e. The molecule has 0 aliphatic heterocycles. The van der Waals surface area contributed by atoms with Crippen LogP contribution in [0.1, 0.15) is 70.2 Å². The van der Waals surface area contributed by atoms with Crippen LogP contribution in [0.4, 0.5) is 5.82 Å². The Balaban J connectivity index is 1.79. The predicted molar refractivity (Wildman–Crippen MR) is 218 cm³/mol. The van der Waals surface area contributed by atoms with Crippen molar-refractivity contribution in [3.63, 3.8) is 0 Å². The van der Waals surface area contributed by atoms with Crippen LogP contribution in [0.3, 0.4) is 0 Å². The van der Waals surface area contributed by atoms with Crippen molar-refractivity contribution in [1.82, 2.24) is 14.6 Å². The summed E-state index contributed by atoms with van der Waals surface area (Å²) in [5, 5.41) is 4.95. The van der Waals surface area contributed by atoms with Crippen molar-refractivity contribution in [2.24, 2.45) is 5.41 Å². The van der Waals surface area contributed by atoms with Gasteiger partial charge in [0.05, 0.1) is 23.9 Å². The first-order chi connectivity index (χ1) is 24.1. The number of benzene rings is 1. The molecule has 8 nitrogen and oxygen atoms in total. The van der Waals surface area contributed by atoms with E-state index in [4.69, 9.17) is 24.3 Å².